The molecule has 0 aliphatic carbocycles. The molecule has 1 heterocycles. The van der Waals surface area contributed by atoms with Crippen LogP contribution in [0.15, 0.2) is 12.3 Å². The van der Waals surface area contributed by atoms with Gasteiger partial charge < -0.3 is 9.67 Å². The smallest absolute Gasteiger partial charge is 0.352 e. The van der Waals surface area contributed by atoms with Gasteiger partial charge in [-0.25, -0.2) is 13.2 Å². The molecule has 1 N–H and O–H groups in total. The van der Waals surface area contributed by atoms with Crippen LogP contribution < -0.4 is 0 Å². The van der Waals surface area contributed by atoms with E-state index >= 15 is 0 Å². The average Bonchev–Trinajstić information content (AvgIpc) is 2.42. The van der Waals surface area contributed by atoms with E-state index in [0.717, 1.165) is 6.26 Å². The van der Waals surface area contributed by atoms with Gasteiger partial charge in [-0.15, -0.1) is 0 Å². The first-order valence-electron chi connectivity index (χ1n) is 4.38. The zero-order chi connectivity index (χ0) is 11.6. The Morgan fingerprint density at radius 3 is 2.60 bits per heavy atom. The van der Waals surface area contributed by atoms with Gasteiger partial charge in [-0.1, -0.05) is 0 Å². The van der Waals surface area contributed by atoms with Crippen LogP contribution >= 0.6 is 0 Å². The number of sulfone groups is 1. The minimum atomic E-state index is -3.07. The van der Waals surface area contributed by atoms with Gasteiger partial charge in [0, 0.05) is 19.0 Å². The molecule has 0 saturated carbocycles. The minimum absolute atomic E-state index is 0.0542. The molecular weight excluding hydrogens is 218 g/mol. The standard InChI is InChI=1S/C9H13NO4S/c1-7-3-4-10(8(7)9(11)12)5-6-15(2,13)14/h3-4H,5-6H2,1-2H3,(H,11,12). The van der Waals surface area contributed by atoms with E-state index in [0.29, 0.717) is 5.56 Å². The summed E-state index contributed by atoms with van der Waals surface area (Å²) in [4.78, 5) is 10.9. The third kappa shape index (κ3) is 3.09. The van der Waals surface area contributed by atoms with Gasteiger partial charge in [-0.05, 0) is 18.6 Å². The first-order chi connectivity index (χ1) is 6.81. The largest absolute Gasteiger partial charge is 0.477 e. The number of aromatic nitrogens is 1. The molecule has 0 aromatic carbocycles. The zero-order valence-electron chi connectivity index (χ0n) is 8.60. The lowest BCUT2D eigenvalue weighted by atomic mass is 10.3. The first kappa shape index (κ1) is 11.8. The third-order valence-electron chi connectivity index (χ3n) is 2.07. The van der Waals surface area contributed by atoms with Crippen molar-refractivity contribution in [2.75, 3.05) is 12.0 Å². The predicted molar refractivity (Wildman–Crippen MR) is 55.8 cm³/mol. The molecule has 6 heteroatoms. The van der Waals surface area contributed by atoms with Gasteiger partial charge in [0.15, 0.2) is 0 Å². The Balaban J connectivity index is 2.91. The molecule has 1 aromatic heterocycles. The highest BCUT2D eigenvalue weighted by molar-refractivity contribution is 7.90. The van der Waals surface area contributed by atoms with Crippen molar-refractivity contribution in [1.82, 2.24) is 4.57 Å². The van der Waals surface area contributed by atoms with E-state index in [1.54, 1.807) is 19.2 Å². The highest BCUT2D eigenvalue weighted by Gasteiger charge is 2.14. The number of hydrogen-bond donors (Lipinski definition) is 1. The summed E-state index contributed by atoms with van der Waals surface area (Å²) in [6.07, 6.45) is 2.72. The molecule has 1 rings (SSSR count). The number of nitrogens with zero attached hydrogens (tertiary/aromatic N) is 1. The zero-order valence-corrected chi connectivity index (χ0v) is 9.41. The van der Waals surface area contributed by atoms with Crippen LogP contribution in [0.2, 0.25) is 0 Å². The maximum absolute atomic E-state index is 10.9. The molecule has 0 aliphatic heterocycles. The van der Waals surface area contributed by atoms with E-state index in [1.165, 1.54) is 4.57 Å². The molecule has 0 spiro atoms. The van der Waals surface area contributed by atoms with Gasteiger partial charge in [0.05, 0.1) is 5.75 Å². The highest BCUT2D eigenvalue weighted by atomic mass is 32.2. The summed E-state index contributed by atoms with van der Waals surface area (Å²) in [5, 5.41) is 8.89. The lowest BCUT2D eigenvalue weighted by Gasteiger charge is -2.05. The fourth-order valence-corrected chi connectivity index (χ4v) is 1.85. The van der Waals surface area contributed by atoms with Crippen LogP contribution in [-0.4, -0.2) is 36.1 Å². The Labute approximate surface area is 88.3 Å². The quantitative estimate of drug-likeness (QED) is 0.820. The topological polar surface area (TPSA) is 76.4 Å². The van der Waals surface area contributed by atoms with Crippen molar-refractivity contribution < 1.29 is 18.3 Å². The van der Waals surface area contributed by atoms with E-state index in [9.17, 15) is 13.2 Å². The predicted octanol–water partition coefficient (Wildman–Crippen LogP) is 0.539. The van der Waals surface area contributed by atoms with Crippen molar-refractivity contribution in [1.29, 1.82) is 0 Å². The van der Waals surface area contributed by atoms with Crippen LogP contribution in [0.25, 0.3) is 0 Å². The molecule has 1 aromatic rings. The van der Waals surface area contributed by atoms with Crippen LogP contribution in [0, 0.1) is 6.92 Å². The van der Waals surface area contributed by atoms with Crippen LogP contribution in [0.1, 0.15) is 16.1 Å². The van der Waals surface area contributed by atoms with Crippen LogP contribution in [0.3, 0.4) is 0 Å². The summed E-state index contributed by atoms with van der Waals surface area (Å²) < 4.78 is 23.3. The normalized spacial score (nSPS) is 11.6. The first-order valence-corrected chi connectivity index (χ1v) is 6.44. The third-order valence-corrected chi connectivity index (χ3v) is 2.99. The molecule has 0 unspecified atom stereocenters. The molecule has 0 atom stereocenters. The monoisotopic (exact) mass is 231 g/mol. The Morgan fingerprint density at radius 2 is 2.13 bits per heavy atom. The van der Waals surface area contributed by atoms with Crippen molar-refractivity contribution in [3.63, 3.8) is 0 Å². The summed E-state index contributed by atoms with van der Waals surface area (Å²) in [6.45, 7) is 1.86. The fraction of sp³-hybridized carbons (Fsp3) is 0.444. The Hall–Kier alpha value is -1.30. The van der Waals surface area contributed by atoms with Crippen molar-refractivity contribution in [3.8, 4) is 0 Å². The van der Waals surface area contributed by atoms with Crippen LogP contribution in [0.4, 0.5) is 0 Å². The Kier molecular flexibility index (Phi) is 3.18. The molecule has 0 aliphatic rings. The summed E-state index contributed by atoms with van der Waals surface area (Å²) in [6, 6.07) is 1.66. The summed E-state index contributed by atoms with van der Waals surface area (Å²) in [7, 11) is -3.07. The number of carboxylic acid groups (broad SMARTS) is 1. The molecule has 5 nitrogen and oxygen atoms in total. The second-order valence-electron chi connectivity index (χ2n) is 3.48. The van der Waals surface area contributed by atoms with Crippen LogP contribution in [-0.2, 0) is 16.4 Å². The number of carboxylic acids is 1. The summed E-state index contributed by atoms with van der Waals surface area (Å²) in [5.74, 6) is -1.09. The van der Waals surface area contributed by atoms with Crippen molar-refractivity contribution >= 4 is 15.8 Å². The highest BCUT2D eigenvalue weighted by Crippen LogP contribution is 2.10. The van der Waals surface area contributed by atoms with Crippen molar-refractivity contribution in [2.24, 2.45) is 0 Å². The van der Waals surface area contributed by atoms with Gasteiger partial charge >= 0.3 is 5.97 Å². The molecule has 0 amide bonds. The number of rotatable bonds is 4. The average molecular weight is 231 g/mol. The van der Waals surface area contributed by atoms with E-state index in [-0.39, 0.29) is 18.0 Å². The Morgan fingerprint density at radius 1 is 1.53 bits per heavy atom. The summed E-state index contributed by atoms with van der Waals surface area (Å²) in [5.41, 5.74) is 0.787. The number of aryl methyl sites for hydroxylation is 2. The minimum Gasteiger partial charge on any atom is -0.477 e. The number of aromatic carboxylic acids is 1. The maximum Gasteiger partial charge on any atom is 0.352 e. The van der Waals surface area contributed by atoms with Crippen LogP contribution in [0.5, 0.6) is 0 Å². The van der Waals surface area contributed by atoms with Gasteiger partial charge in [0.25, 0.3) is 0 Å². The number of hydrogen-bond acceptors (Lipinski definition) is 3. The second-order valence-corrected chi connectivity index (χ2v) is 5.74. The maximum atomic E-state index is 10.9. The molecule has 0 saturated heterocycles. The molecular formula is C9H13NO4S. The lowest BCUT2D eigenvalue weighted by Crippen LogP contribution is -2.15. The van der Waals surface area contributed by atoms with Gasteiger partial charge in [0.2, 0.25) is 0 Å². The molecule has 0 radical (unpaired) electrons. The molecule has 0 fully saturated rings. The number of carbonyl (C=O) groups is 1. The van der Waals surface area contributed by atoms with E-state index < -0.39 is 15.8 Å². The van der Waals surface area contributed by atoms with Crippen molar-refractivity contribution in [3.05, 3.63) is 23.5 Å². The van der Waals surface area contributed by atoms with Gasteiger partial charge in [0.1, 0.15) is 15.5 Å². The second kappa shape index (κ2) is 4.06. The SMILES string of the molecule is Cc1ccn(CCS(C)(=O)=O)c1C(=O)O. The lowest BCUT2D eigenvalue weighted by molar-refractivity contribution is 0.0684. The van der Waals surface area contributed by atoms with Gasteiger partial charge in [-0.3, -0.25) is 0 Å². The molecule has 15 heavy (non-hydrogen) atoms. The van der Waals surface area contributed by atoms with E-state index in [1.807, 2.05) is 0 Å². The fourth-order valence-electron chi connectivity index (χ4n) is 1.32. The van der Waals surface area contributed by atoms with E-state index in [2.05, 4.69) is 0 Å². The summed E-state index contributed by atoms with van der Waals surface area (Å²) >= 11 is 0. The molecule has 84 valence electrons. The van der Waals surface area contributed by atoms with E-state index in [4.69, 9.17) is 5.11 Å². The van der Waals surface area contributed by atoms with Gasteiger partial charge in [-0.2, -0.15) is 0 Å². The van der Waals surface area contributed by atoms with Crippen molar-refractivity contribution in [2.45, 2.75) is 13.5 Å². The Bertz CT molecular complexity index is 472. The molecule has 0 bridgehead atoms.